The summed E-state index contributed by atoms with van der Waals surface area (Å²) in [6.45, 7) is 8.77. The summed E-state index contributed by atoms with van der Waals surface area (Å²) >= 11 is 0. The van der Waals surface area contributed by atoms with Gasteiger partial charge in [0, 0.05) is 5.92 Å². The Morgan fingerprint density at radius 3 is 2.58 bits per heavy atom. The highest BCUT2D eigenvalue weighted by Crippen LogP contribution is 2.42. The molecule has 0 amide bonds. The highest BCUT2D eigenvalue weighted by molar-refractivity contribution is 5.38. The summed E-state index contributed by atoms with van der Waals surface area (Å²) in [5.74, 6) is 2.49. The summed E-state index contributed by atoms with van der Waals surface area (Å²) in [4.78, 5) is 0. The molecule has 1 aliphatic carbocycles. The molecule has 0 aromatic heterocycles. The van der Waals surface area contributed by atoms with Crippen LogP contribution in [-0.4, -0.2) is 16.3 Å². The van der Waals surface area contributed by atoms with Crippen molar-refractivity contribution in [2.75, 3.05) is 0 Å². The molecule has 2 heteroatoms. The van der Waals surface area contributed by atoms with E-state index in [4.69, 9.17) is 4.74 Å². The second kappa shape index (κ2) is 6.55. The molecule has 0 spiro atoms. The van der Waals surface area contributed by atoms with Gasteiger partial charge in [-0.1, -0.05) is 38.1 Å². The van der Waals surface area contributed by atoms with E-state index >= 15 is 0 Å². The van der Waals surface area contributed by atoms with Gasteiger partial charge >= 0.3 is 0 Å². The first-order chi connectivity index (χ1) is 11.3. The van der Waals surface area contributed by atoms with E-state index in [9.17, 15) is 5.11 Å². The maximum absolute atomic E-state index is 10.8. The number of para-hydroxylation sites is 1. The molecule has 0 unspecified atom stereocenters. The van der Waals surface area contributed by atoms with Gasteiger partial charge < -0.3 is 9.84 Å². The molecule has 132 valence electrons. The van der Waals surface area contributed by atoms with E-state index in [2.05, 4.69) is 51.1 Å². The number of ether oxygens (including phenoxy) is 1. The van der Waals surface area contributed by atoms with Gasteiger partial charge in [0.2, 0.25) is 0 Å². The van der Waals surface area contributed by atoms with Crippen LogP contribution in [0.5, 0.6) is 5.75 Å². The van der Waals surface area contributed by atoms with Crippen molar-refractivity contribution in [3.8, 4) is 5.75 Å². The minimum absolute atomic E-state index is 0.283. The Hall–Kier alpha value is -1.28. The average molecular weight is 328 g/mol. The average Bonchev–Trinajstić information content (AvgIpc) is 2.52. The Labute approximate surface area is 146 Å². The molecule has 0 fully saturated rings. The summed E-state index contributed by atoms with van der Waals surface area (Å²) in [5.41, 5.74) is 0.441. The summed E-state index contributed by atoms with van der Waals surface area (Å²) in [5, 5.41) is 10.8. The SMILES string of the molecule is CC(C)[C@H]1/C=C\[C@]2(C)Oc3ccccc3C[C@H]2CC[C@@](C)(O)CC1. The van der Waals surface area contributed by atoms with E-state index in [1.807, 2.05) is 13.0 Å². The molecule has 0 saturated heterocycles. The van der Waals surface area contributed by atoms with E-state index in [-0.39, 0.29) is 5.60 Å². The molecule has 1 aromatic rings. The van der Waals surface area contributed by atoms with Crippen LogP contribution in [0.15, 0.2) is 36.4 Å². The third-order valence-electron chi connectivity index (χ3n) is 6.16. The fourth-order valence-corrected chi connectivity index (χ4v) is 4.17. The van der Waals surface area contributed by atoms with Crippen molar-refractivity contribution in [2.45, 2.75) is 71.0 Å². The maximum Gasteiger partial charge on any atom is 0.127 e. The Balaban J connectivity index is 1.95. The normalized spacial score (nSPS) is 37.9. The van der Waals surface area contributed by atoms with Crippen LogP contribution in [0.2, 0.25) is 0 Å². The number of rotatable bonds is 1. The summed E-state index contributed by atoms with van der Waals surface area (Å²) in [6.07, 6.45) is 9.45. The fraction of sp³-hybridized carbons (Fsp3) is 0.636. The molecule has 0 radical (unpaired) electrons. The van der Waals surface area contributed by atoms with Crippen molar-refractivity contribution in [3.05, 3.63) is 42.0 Å². The van der Waals surface area contributed by atoms with Crippen LogP contribution < -0.4 is 4.74 Å². The van der Waals surface area contributed by atoms with Gasteiger partial charge in [0.15, 0.2) is 0 Å². The Morgan fingerprint density at radius 1 is 1.12 bits per heavy atom. The van der Waals surface area contributed by atoms with E-state index in [0.29, 0.717) is 17.8 Å². The highest BCUT2D eigenvalue weighted by Gasteiger charge is 2.40. The second-order valence-corrected chi connectivity index (χ2v) is 8.64. The van der Waals surface area contributed by atoms with Crippen LogP contribution in [-0.2, 0) is 6.42 Å². The second-order valence-electron chi connectivity index (χ2n) is 8.64. The van der Waals surface area contributed by atoms with Gasteiger partial charge in [-0.2, -0.15) is 0 Å². The molecule has 1 heterocycles. The molecular formula is C22H32O2. The number of benzene rings is 1. The smallest absolute Gasteiger partial charge is 0.127 e. The lowest BCUT2D eigenvalue weighted by Gasteiger charge is -2.43. The standard InChI is InChI=1S/C22H32O2/c1-16(2)17-9-12-21(3,23)13-11-19-15-18-7-5-6-8-20(18)24-22(19,4)14-10-17/h5-8,10,14,16-17,19,23H,9,11-13,15H2,1-4H3/b14-10-/t17-,19-,21+,22+/m1/s1. The quantitative estimate of drug-likeness (QED) is 0.722. The zero-order valence-corrected chi connectivity index (χ0v) is 15.6. The van der Waals surface area contributed by atoms with Gasteiger partial charge in [0.25, 0.3) is 0 Å². The molecule has 4 atom stereocenters. The van der Waals surface area contributed by atoms with Crippen molar-refractivity contribution in [3.63, 3.8) is 0 Å². The predicted molar refractivity (Wildman–Crippen MR) is 99.2 cm³/mol. The minimum Gasteiger partial charge on any atom is -0.483 e. The van der Waals surface area contributed by atoms with Crippen molar-refractivity contribution >= 4 is 0 Å². The molecule has 1 N–H and O–H groups in total. The van der Waals surface area contributed by atoms with Gasteiger partial charge in [-0.15, -0.1) is 0 Å². The van der Waals surface area contributed by atoms with Crippen LogP contribution in [0.3, 0.4) is 0 Å². The lowest BCUT2D eigenvalue weighted by Crippen LogP contribution is -2.44. The summed E-state index contributed by atoms with van der Waals surface area (Å²) < 4.78 is 6.48. The number of allylic oxidation sites excluding steroid dienone is 1. The van der Waals surface area contributed by atoms with Crippen molar-refractivity contribution in [1.82, 2.24) is 0 Å². The van der Waals surface area contributed by atoms with Crippen LogP contribution >= 0.6 is 0 Å². The lowest BCUT2D eigenvalue weighted by molar-refractivity contribution is 0.00141. The molecule has 0 bridgehead atoms. The first-order valence-corrected chi connectivity index (χ1v) is 9.48. The van der Waals surface area contributed by atoms with Crippen molar-refractivity contribution in [1.29, 1.82) is 0 Å². The topological polar surface area (TPSA) is 29.5 Å². The van der Waals surface area contributed by atoms with Crippen molar-refractivity contribution in [2.24, 2.45) is 17.8 Å². The van der Waals surface area contributed by atoms with E-state index in [0.717, 1.165) is 37.9 Å². The van der Waals surface area contributed by atoms with E-state index < -0.39 is 5.60 Å². The fourth-order valence-electron chi connectivity index (χ4n) is 4.17. The molecule has 2 nitrogen and oxygen atoms in total. The molecule has 3 rings (SSSR count). The zero-order chi connectivity index (χ0) is 17.4. The molecule has 0 saturated carbocycles. The Morgan fingerprint density at radius 2 is 1.83 bits per heavy atom. The van der Waals surface area contributed by atoms with Gasteiger partial charge in [0.1, 0.15) is 11.4 Å². The zero-order valence-electron chi connectivity index (χ0n) is 15.6. The Bertz CT molecular complexity index is 602. The van der Waals surface area contributed by atoms with Gasteiger partial charge in [-0.05, 0) is 75.5 Å². The molecule has 1 aliphatic heterocycles. The number of hydrogen-bond acceptors (Lipinski definition) is 2. The number of aliphatic hydroxyl groups is 1. The number of hydrogen-bond donors (Lipinski definition) is 1. The first-order valence-electron chi connectivity index (χ1n) is 9.48. The van der Waals surface area contributed by atoms with E-state index in [1.165, 1.54) is 5.56 Å². The molecule has 2 aliphatic rings. The molecule has 1 aromatic carbocycles. The molecule has 24 heavy (non-hydrogen) atoms. The van der Waals surface area contributed by atoms with Crippen molar-refractivity contribution < 1.29 is 9.84 Å². The van der Waals surface area contributed by atoms with Crippen LogP contribution in [0.4, 0.5) is 0 Å². The first kappa shape index (κ1) is 17.5. The van der Waals surface area contributed by atoms with Gasteiger partial charge in [-0.3, -0.25) is 0 Å². The van der Waals surface area contributed by atoms with Crippen LogP contribution in [0, 0.1) is 17.8 Å². The summed E-state index contributed by atoms with van der Waals surface area (Å²) in [7, 11) is 0. The van der Waals surface area contributed by atoms with Crippen LogP contribution in [0.25, 0.3) is 0 Å². The van der Waals surface area contributed by atoms with E-state index in [1.54, 1.807) is 0 Å². The monoisotopic (exact) mass is 328 g/mol. The number of fused-ring (bicyclic) bond motifs is 2. The highest BCUT2D eigenvalue weighted by atomic mass is 16.5. The predicted octanol–water partition coefficient (Wildman–Crippen LogP) is 5.15. The Kier molecular flexibility index (Phi) is 4.79. The van der Waals surface area contributed by atoms with Gasteiger partial charge in [-0.25, -0.2) is 0 Å². The maximum atomic E-state index is 10.8. The van der Waals surface area contributed by atoms with Gasteiger partial charge in [0.05, 0.1) is 5.60 Å². The third kappa shape index (κ3) is 3.69. The largest absolute Gasteiger partial charge is 0.483 e. The third-order valence-corrected chi connectivity index (χ3v) is 6.16. The van der Waals surface area contributed by atoms with Crippen LogP contribution in [0.1, 0.15) is 58.9 Å². The minimum atomic E-state index is -0.573. The summed E-state index contributed by atoms with van der Waals surface area (Å²) in [6, 6.07) is 8.39. The lowest BCUT2D eigenvalue weighted by atomic mass is 9.73. The molecular weight excluding hydrogens is 296 g/mol.